The molecule has 0 radical (unpaired) electrons. The van der Waals surface area contributed by atoms with E-state index in [4.69, 9.17) is 10.2 Å². The van der Waals surface area contributed by atoms with Gasteiger partial charge in [0, 0.05) is 6.54 Å². The zero-order valence-electron chi connectivity index (χ0n) is 11.4. The fraction of sp³-hybridized carbons (Fsp3) is 0.833. The molecular weight excluding hydrogens is 270 g/mol. The molecule has 0 aromatic rings. The molecule has 0 aliphatic heterocycles. The van der Waals surface area contributed by atoms with E-state index >= 15 is 0 Å². The van der Waals surface area contributed by atoms with Crippen molar-refractivity contribution >= 4 is 11.9 Å². The molecule has 8 heteroatoms. The van der Waals surface area contributed by atoms with Crippen LogP contribution in [-0.4, -0.2) is 68.4 Å². The predicted octanol–water partition coefficient (Wildman–Crippen LogP) is -1.79. The lowest BCUT2D eigenvalue weighted by Gasteiger charge is -2.23. The van der Waals surface area contributed by atoms with Crippen molar-refractivity contribution in [2.45, 2.75) is 57.0 Å². The van der Waals surface area contributed by atoms with E-state index in [0.29, 0.717) is 13.0 Å². The van der Waals surface area contributed by atoms with Crippen LogP contribution in [0.5, 0.6) is 0 Å². The maximum Gasteiger partial charge on any atom is 0.335 e. The number of carboxylic acid groups (broad SMARTS) is 1. The van der Waals surface area contributed by atoms with Crippen LogP contribution >= 0.6 is 0 Å². The minimum atomic E-state index is -2.28. The number of amides is 1. The summed E-state index contributed by atoms with van der Waals surface area (Å²) in [5.74, 6) is -2.69. The summed E-state index contributed by atoms with van der Waals surface area (Å²) in [6.45, 7) is 2.34. The van der Waals surface area contributed by atoms with E-state index < -0.39 is 36.3 Å². The number of nitrogens with one attached hydrogen (secondary N) is 1. The lowest BCUT2D eigenvalue weighted by atomic mass is 10.0. The molecule has 0 aliphatic rings. The van der Waals surface area contributed by atoms with Crippen LogP contribution in [0.1, 0.15) is 32.6 Å². The maximum absolute atomic E-state index is 11.5. The lowest BCUT2D eigenvalue weighted by molar-refractivity contribution is -0.166. The second-order valence-electron chi connectivity index (χ2n) is 4.56. The minimum absolute atomic E-state index is 0.306. The number of hydrogen-bond donors (Lipinski definition) is 6. The number of aliphatic carboxylic acids is 1. The molecule has 8 nitrogen and oxygen atoms in total. The van der Waals surface area contributed by atoms with Gasteiger partial charge < -0.3 is 30.8 Å². The monoisotopic (exact) mass is 293 g/mol. The summed E-state index contributed by atoms with van der Waals surface area (Å²) < 4.78 is 0. The van der Waals surface area contributed by atoms with Crippen molar-refractivity contribution in [1.29, 1.82) is 0 Å². The smallest absolute Gasteiger partial charge is 0.335 e. The van der Waals surface area contributed by atoms with Crippen LogP contribution in [0.4, 0.5) is 0 Å². The van der Waals surface area contributed by atoms with Gasteiger partial charge in [0.2, 0.25) is 0 Å². The molecule has 0 unspecified atom stereocenters. The molecular formula is C12H23NO7. The number of rotatable bonds is 10. The van der Waals surface area contributed by atoms with Gasteiger partial charge in [0.1, 0.15) is 12.2 Å². The first kappa shape index (κ1) is 18.8. The van der Waals surface area contributed by atoms with Gasteiger partial charge in [-0.1, -0.05) is 26.2 Å². The Hall–Kier alpha value is -1.22. The average Bonchev–Trinajstić information content (AvgIpc) is 2.43. The number of carbonyl (C=O) groups is 2. The topological polar surface area (TPSA) is 147 Å². The van der Waals surface area contributed by atoms with Gasteiger partial charge in [0.25, 0.3) is 5.91 Å². The highest BCUT2D eigenvalue weighted by molar-refractivity contribution is 5.81. The van der Waals surface area contributed by atoms with E-state index in [0.717, 1.165) is 19.3 Å². The van der Waals surface area contributed by atoms with Gasteiger partial charge >= 0.3 is 5.97 Å². The molecule has 6 N–H and O–H groups in total. The summed E-state index contributed by atoms with van der Waals surface area (Å²) in [6, 6.07) is 0. The zero-order chi connectivity index (χ0) is 15.7. The first-order valence-corrected chi connectivity index (χ1v) is 6.55. The van der Waals surface area contributed by atoms with Crippen molar-refractivity contribution in [1.82, 2.24) is 5.32 Å². The van der Waals surface area contributed by atoms with Gasteiger partial charge in [-0.25, -0.2) is 4.79 Å². The van der Waals surface area contributed by atoms with Gasteiger partial charge in [-0.15, -0.1) is 0 Å². The highest BCUT2D eigenvalue weighted by Crippen LogP contribution is 2.06. The molecule has 0 fully saturated rings. The number of aliphatic hydroxyl groups is 4. The van der Waals surface area contributed by atoms with Crippen molar-refractivity contribution in [2.75, 3.05) is 6.54 Å². The number of aliphatic hydroxyl groups excluding tert-OH is 4. The molecule has 0 saturated carbocycles. The Kier molecular flexibility index (Phi) is 9.06. The third kappa shape index (κ3) is 6.29. The standard InChI is InChI=1S/C12H23NO7/c1-2-3-4-5-6-13-11(18)9(16)7(14)8(15)10(17)12(19)20/h7-10,14-17H,2-6H2,1H3,(H,13,18)(H,19,20)/t7-,8-,9+,10-/m0/s1. The number of carbonyl (C=O) groups excluding carboxylic acids is 1. The molecule has 0 aromatic carbocycles. The highest BCUT2D eigenvalue weighted by Gasteiger charge is 2.37. The Morgan fingerprint density at radius 1 is 0.950 bits per heavy atom. The minimum Gasteiger partial charge on any atom is -0.479 e. The quantitative estimate of drug-likeness (QED) is 0.261. The molecule has 4 atom stereocenters. The van der Waals surface area contributed by atoms with Gasteiger partial charge in [-0.3, -0.25) is 4.79 Å². The predicted molar refractivity (Wildman–Crippen MR) is 68.8 cm³/mol. The second kappa shape index (κ2) is 9.65. The summed E-state index contributed by atoms with van der Waals surface area (Å²) in [7, 11) is 0. The largest absolute Gasteiger partial charge is 0.479 e. The van der Waals surface area contributed by atoms with E-state index in [2.05, 4.69) is 5.32 Å². The molecule has 0 saturated heterocycles. The average molecular weight is 293 g/mol. The van der Waals surface area contributed by atoms with Crippen molar-refractivity contribution in [3.05, 3.63) is 0 Å². The van der Waals surface area contributed by atoms with Crippen molar-refractivity contribution < 1.29 is 35.1 Å². The van der Waals surface area contributed by atoms with Crippen LogP contribution in [-0.2, 0) is 9.59 Å². The number of unbranched alkanes of at least 4 members (excludes halogenated alkanes) is 3. The van der Waals surface area contributed by atoms with Crippen molar-refractivity contribution in [2.24, 2.45) is 0 Å². The van der Waals surface area contributed by atoms with Gasteiger partial charge in [-0.05, 0) is 6.42 Å². The summed E-state index contributed by atoms with van der Waals surface area (Å²) in [6.07, 6.45) is -4.86. The Morgan fingerprint density at radius 3 is 2.00 bits per heavy atom. The highest BCUT2D eigenvalue weighted by atomic mass is 16.4. The van der Waals surface area contributed by atoms with Crippen LogP contribution in [0.3, 0.4) is 0 Å². The molecule has 118 valence electrons. The molecule has 0 rings (SSSR count). The van der Waals surface area contributed by atoms with E-state index in [1.807, 2.05) is 6.92 Å². The SMILES string of the molecule is CCCCCCNC(=O)[C@H](O)[C@@H](O)[C@H](O)[C@H](O)C(=O)O. The Balaban J connectivity index is 4.18. The molecule has 0 bridgehead atoms. The number of carboxylic acids is 1. The summed E-state index contributed by atoms with van der Waals surface area (Å²) in [5, 5.41) is 48.0. The molecule has 0 aliphatic carbocycles. The first-order valence-electron chi connectivity index (χ1n) is 6.55. The third-order valence-corrected chi connectivity index (χ3v) is 2.85. The van der Waals surface area contributed by atoms with E-state index in [-0.39, 0.29) is 0 Å². The van der Waals surface area contributed by atoms with E-state index in [9.17, 15) is 24.9 Å². The Labute approximate surface area is 117 Å². The fourth-order valence-corrected chi connectivity index (χ4v) is 1.54. The maximum atomic E-state index is 11.5. The lowest BCUT2D eigenvalue weighted by Crippen LogP contribution is -2.52. The summed E-state index contributed by atoms with van der Waals surface area (Å²) in [4.78, 5) is 21.9. The van der Waals surface area contributed by atoms with Crippen LogP contribution in [0.15, 0.2) is 0 Å². The van der Waals surface area contributed by atoms with Crippen LogP contribution in [0.25, 0.3) is 0 Å². The van der Waals surface area contributed by atoms with Crippen molar-refractivity contribution in [3.8, 4) is 0 Å². The molecule has 0 spiro atoms. The molecule has 1 amide bonds. The molecule has 20 heavy (non-hydrogen) atoms. The zero-order valence-corrected chi connectivity index (χ0v) is 11.4. The molecule has 0 heterocycles. The fourth-order valence-electron chi connectivity index (χ4n) is 1.54. The summed E-state index contributed by atoms with van der Waals surface area (Å²) >= 11 is 0. The normalized spacial score (nSPS) is 17.1. The van der Waals surface area contributed by atoms with Gasteiger partial charge in [-0.2, -0.15) is 0 Å². The Morgan fingerprint density at radius 2 is 1.50 bits per heavy atom. The van der Waals surface area contributed by atoms with E-state index in [1.165, 1.54) is 0 Å². The Bertz CT molecular complexity index is 310. The van der Waals surface area contributed by atoms with E-state index in [1.54, 1.807) is 0 Å². The van der Waals surface area contributed by atoms with Gasteiger partial charge in [0.15, 0.2) is 12.2 Å². The second-order valence-corrected chi connectivity index (χ2v) is 4.56. The van der Waals surface area contributed by atoms with Crippen molar-refractivity contribution in [3.63, 3.8) is 0 Å². The van der Waals surface area contributed by atoms with Gasteiger partial charge in [0.05, 0.1) is 0 Å². The third-order valence-electron chi connectivity index (χ3n) is 2.85. The van der Waals surface area contributed by atoms with Crippen LogP contribution in [0.2, 0.25) is 0 Å². The molecule has 0 aromatic heterocycles. The summed E-state index contributed by atoms with van der Waals surface area (Å²) in [5.41, 5.74) is 0. The number of hydrogen-bond acceptors (Lipinski definition) is 6. The first-order chi connectivity index (χ1) is 9.32. The van der Waals surface area contributed by atoms with Crippen LogP contribution < -0.4 is 5.32 Å². The van der Waals surface area contributed by atoms with Crippen LogP contribution in [0, 0.1) is 0 Å².